The van der Waals surface area contributed by atoms with Crippen LogP contribution in [0.5, 0.6) is 0 Å². The third-order valence-electron chi connectivity index (χ3n) is 7.78. The van der Waals surface area contributed by atoms with E-state index in [4.69, 9.17) is 0 Å². The van der Waals surface area contributed by atoms with E-state index in [1.807, 2.05) is 0 Å². The molecule has 0 aliphatic rings. The summed E-state index contributed by atoms with van der Waals surface area (Å²) in [5.74, 6) is 0. The molecule has 0 saturated carbocycles. The van der Waals surface area contributed by atoms with E-state index < -0.39 is 15.8 Å². The van der Waals surface area contributed by atoms with Gasteiger partial charge in [-0.05, 0) is 60.5 Å². The molecule has 0 radical (unpaired) electrons. The van der Waals surface area contributed by atoms with Gasteiger partial charge in [0.2, 0.25) is 0 Å². The molecule has 200 valence electrons. The molecular formula is C39H34P2. The first kappa shape index (κ1) is 27.4. The Labute approximate surface area is 247 Å². The van der Waals surface area contributed by atoms with Crippen LogP contribution in [0.2, 0.25) is 0 Å². The number of hydrogen-bond donors (Lipinski definition) is 0. The van der Waals surface area contributed by atoms with Gasteiger partial charge in [-0.25, -0.2) is 0 Å². The molecule has 0 fully saturated rings. The molecule has 0 spiro atoms. The van der Waals surface area contributed by atoms with E-state index in [1.165, 1.54) is 32.3 Å². The van der Waals surface area contributed by atoms with E-state index in [0.29, 0.717) is 0 Å². The Morgan fingerprint density at radius 3 is 0.756 bits per heavy atom. The van der Waals surface area contributed by atoms with Crippen molar-refractivity contribution in [2.75, 3.05) is 12.3 Å². The molecule has 0 atom stereocenters. The zero-order valence-electron chi connectivity index (χ0n) is 23.1. The first-order chi connectivity index (χ1) is 20.3. The first-order valence-corrected chi connectivity index (χ1v) is 17.3. The maximum atomic E-state index is 2.36. The zero-order valence-corrected chi connectivity index (χ0v) is 24.9. The molecule has 2 heteroatoms. The van der Waals surface area contributed by atoms with Gasteiger partial charge in [0.05, 0.1) is 0 Å². The van der Waals surface area contributed by atoms with Gasteiger partial charge < -0.3 is 0 Å². The lowest BCUT2D eigenvalue weighted by atomic mass is 9.77. The number of rotatable bonds is 10. The monoisotopic (exact) mass is 564 g/mol. The smallest absolute Gasteiger partial charge is 0.0293 e. The van der Waals surface area contributed by atoms with Crippen LogP contribution in [-0.2, 0) is 5.41 Å². The second kappa shape index (κ2) is 13.2. The highest BCUT2D eigenvalue weighted by atomic mass is 31.1. The van der Waals surface area contributed by atoms with Gasteiger partial charge in [0.25, 0.3) is 0 Å². The van der Waals surface area contributed by atoms with Gasteiger partial charge in [-0.2, -0.15) is 0 Å². The summed E-state index contributed by atoms with van der Waals surface area (Å²) < 4.78 is 0. The Hall–Kier alpha value is -3.82. The normalized spacial score (nSPS) is 11.6. The lowest BCUT2D eigenvalue weighted by Gasteiger charge is -2.41. The van der Waals surface area contributed by atoms with Crippen LogP contribution in [0.25, 0.3) is 0 Å². The largest absolute Gasteiger partial charge is 0.0622 e. The van der Waals surface area contributed by atoms with Gasteiger partial charge in [-0.3, -0.25) is 0 Å². The molecule has 6 rings (SSSR count). The van der Waals surface area contributed by atoms with Crippen LogP contribution in [0.15, 0.2) is 182 Å². The molecule has 0 nitrogen and oxygen atoms in total. The van der Waals surface area contributed by atoms with Crippen molar-refractivity contribution in [3.05, 3.63) is 193 Å². The van der Waals surface area contributed by atoms with Crippen LogP contribution in [-0.4, -0.2) is 12.3 Å². The maximum Gasteiger partial charge on any atom is 0.0293 e. The van der Waals surface area contributed by atoms with Gasteiger partial charge in [-0.1, -0.05) is 182 Å². The number of hydrogen-bond acceptors (Lipinski definition) is 0. The molecule has 0 heterocycles. The summed E-state index contributed by atoms with van der Waals surface area (Å²) in [7, 11) is -1.29. The van der Waals surface area contributed by atoms with Crippen LogP contribution < -0.4 is 21.2 Å². The fourth-order valence-corrected chi connectivity index (χ4v) is 11.4. The van der Waals surface area contributed by atoms with Gasteiger partial charge in [0.1, 0.15) is 0 Å². The highest BCUT2D eigenvalue weighted by Crippen LogP contribution is 2.51. The van der Waals surface area contributed by atoms with Crippen molar-refractivity contribution in [3.63, 3.8) is 0 Å². The average molecular weight is 565 g/mol. The van der Waals surface area contributed by atoms with Crippen LogP contribution >= 0.6 is 15.8 Å². The van der Waals surface area contributed by atoms with Gasteiger partial charge in [-0.15, -0.1) is 0 Å². The van der Waals surface area contributed by atoms with Crippen LogP contribution in [0.4, 0.5) is 0 Å². The summed E-state index contributed by atoms with van der Waals surface area (Å²) in [5, 5.41) is 5.70. The van der Waals surface area contributed by atoms with Gasteiger partial charge >= 0.3 is 0 Å². The second-order valence-electron chi connectivity index (χ2n) is 10.3. The van der Waals surface area contributed by atoms with Crippen molar-refractivity contribution in [1.82, 2.24) is 0 Å². The SMILES string of the molecule is c1ccc(P(CC(CP(c2ccccc2)c2ccccc2)(c2ccccc2)c2ccccc2)c2ccccc2)cc1. The van der Waals surface area contributed by atoms with Crippen molar-refractivity contribution in [2.45, 2.75) is 5.41 Å². The van der Waals surface area contributed by atoms with E-state index in [9.17, 15) is 0 Å². The summed E-state index contributed by atoms with van der Waals surface area (Å²) in [4.78, 5) is 0. The molecule has 0 aliphatic heterocycles. The van der Waals surface area contributed by atoms with Crippen LogP contribution in [0.3, 0.4) is 0 Å². The van der Waals surface area contributed by atoms with E-state index in [2.05, 4.69) is 182 Å². The fraction of sp³-hybridized carbons (Fsp3) is 0.0769. The Balaban J connectivity index is 1.59. The van der Waals surface area contributed by atoms with Crippen molar-refractivity contribution < 1.29 is 0 Å². The molecule has 41 heavy (non-hydrogen) atoms. The van der Waals surface area contributed by atoms with Crippen molar-refractivity contribution >= 4 is 37.1 Å². The highest BCUT2D eigenvalue weighted by Gasteiger charge is 2.40. The summed E-state index contributed by atoms with van der Waals surface area (Å²) >= 11 is 0. The molecule has 0 amide bonds. The molecule has 0 aliphatic carbocycles. The molecule has 0 unspecified atom stereocenters. The minimum Gasteiger partial charge on any atom is -0.0622 e. The topological polar surface area (TPSA) is 0 Å². The lowest BCUT2D eigenvalue weighted by Crippen LogP contribution is -2.39. The fourth-order valence-electron chi connectivity index (χ4n) is 5.73. The summed E-state index contributed by atoms with van der Waals surface area (Å²) in [5.41, 5.74) is 2.59. The average Bonchev–Trinajstić information content (AvgIpc) is 3.07. The van der Waals surface area contributed by atoms with Crippen LogP contribution in [0.1, 0.15) is 11.1 Å². The Kier molecular flexibility index (Phi) is 8.83. The summed E-state index contributed by atoms with van der Waals surface area (Å²) in [6.45, 7) is 0. The zero-order chi connectivity index (χ0) is 27.7. The van der Waals surface area contributed by atoms with Crippen molar-refractivity contribution in [3.8, 4) is 0 Å². The van der Waals surface area contributed by atoms with Crippen molar-refractivity contribution in [2.24, 2.45) is 0 Å². The van der Waals surface area contributed by atoms with Crippen molar-refractivity contribution in [1.29, 1.82) is 0 Å². The molecule has 6 aromatic carbocycles. The third kappa shape index (κ3) is 6.26. The quantitative estimate of drug-likeness (QED) is 0.147. The molecule has 0 saturated heterocycles. The van der Waals surface area contributed by atoms with Gasteiger partial charge in [0, 0.05) is 5.41 Å². The first-order valence-electron chi connectivity index (χ1n) is 14.2. The van der Waals surface area contributed by atoms with E-state index >= 15 is 0 Å². The minimum atomic E-state index is -0.644. The summed E-state index contributed by atoms with van der Waals surface area (Å²) in [6, 6.07) is 67.3. The van der Waals surface area contributed by atoms with Crippen LogP contribution in [0, 0.1) is 0 Å². The Bertz CT molecular complexity index is 1400. The predicted octanol–water partition coefficient (Wildman–Crippen LogP) is 8.24. The van der Waals surface area contributed by atoms with E-state index in [0.717, 1.165) is 12.3 Å². The lowest BCUT2D eigenvalue weighted by molar-refractivity contribution is 0.660. The maximum absolute atomic E-state index is 2.36. The summed E-state index contributed by atoms with van der Waals surface area (Å²) in [6.07, 6.45) is 2.06. The highest BCUT2D eigenvalue weighted by molar-refractivity contribution is 7.74. The molecule has 6 aromatic rings. The third-order valence-corrected chi connectivity index (χ3v) is 13.2. The molecular weight excluding hydrogens is 530 g/mol. The van der Waals surface area contributed by atoms with Gasteiger partial charge in [0.15, 0.2) is 0 Å². The Morgan fingerprint density at radius 2 is 0.512 bits per heavy atom. The molecule has 0 aromatic heterocycles. The predicted molar refractivity (Wildman–Crippen MR) is 182 cm³/mol. The number of benzene rings is 6. The van der Waals surface area contributed by atoms with E-state index in [1.54, 1.807) is 0 Å². The standard InChI is InChI=1S/C39H34P2/c1-7-19-33(20-8-1)39(34-21-9-2-10-22-34,31-40(35-23-11-3-12-24-35)36-25-13-4-14-26-36)32-41(37-27-15-5-16-28-37)38-29-17-6-18-30-38/h1-30H,31-32H2. The van der Waals surface area contributed by atoms with E-state index in [-0.39, 0.29) is 5.41 Å². The second-order valence-corrected chi connectivity index (χ2v) is 14.7. The molecule has 0 bridgehead atoms. The Morgan fingerprint density at radius 1 is 0.293 bits per heavy atom. The molecule has 0 N–H and O–H groups in total. The minimum absolute atomic E-state index is 0.197.